The van der Waals surface area contributed by atoms with Crippen molar-refractivity contribution in [2.45, 2.75) is 73.6 Å². The van der Waals surface area contributed by atoms with Gasteiger partial charge in [0, 0.05) is 23.2 Å². The van der Waals surface area contributed by atoms with Crippen LogP contribution in [0.2, 0.25) is 0 Å². The van der Waals surface area contributed by atoms with Gasteiger partial charge in [-0.2, -0.15) is 0 Å². The van der Waals surface area contributed by atoms with Crippen molar-refractivity contribution < 1.29 is 19.5 Å². The predicted molar refractivity (Wildman–Crippen MR) is 115 cm³/mol. The van der Waals surface area contributed by atoms with Gasteiger partial charge in [0.25, 0.3) is 17.7 Å². The summed E-state index contributed by atoms with van der Waals surface area (Å²) in [4.78, 5) is 41.9. The SMILES string of the molecule is CC(C)C(C)(C)CCN1C(=O)c2cc3c(cc2C1O)C(=O)N(C(C)(C)C(C)C)C3=O. The number of rotatable bonds is 6. The molecular formula is C24H34N2O4. The van der Waals surface area contributed by atoms with E-state index >= 15 is 0 Å². The highest BCUT2D eigenvalue weighted by Gasteiger charge is 2.48. The van der Waals surface area contributed by atoms with E-state index in [4.69, 9.17) is 0 Å². The molecule has 2 heterocycles. The smallest absolute Gasteiger partial charge is 0.262 e. The van der Waals surface area contributed by atoms with E-state index in [1.807, 2.05) is 27.7 Å². The maximum atomic E-state index is 13.1. The third-order valence-corrected chi connectivity index (χ3v) is 7.67. The van der Waals surface area contributed by atoms with E-state index in [9.17, 15) is 19.5 Å². The van der Waals surface area contributed by atoms with E-state index in [0.29, 0.717) is 23.6 Å². The van der Waals surface area contributed by atoms with E-state index < -0.39 is 11.8 Å². The fourth-order valence-electron chi connectivity index (χ4n) is 3.84. The highest BCUT2D eigenvalue weighted by Crippen LogP contribution is 2.40. The topological polar surface area (TPSA) is 77.9 Å². The predicted octanol–water partition coefficient (Wildman–Crippen LogP) is 4.24. The first-order valence-electron chi connectivity index (χ1n) is 10.8. The van der Waals surface area contributed by atoms with E-state index in [1.165, 1.54) is 21.9 Å². The van der Waals surface area contributed by atoms with Gasteiger partial charge < -0.3 is 10.0 Å². The van der Waals surface area contributed by atoms with Gasteiger partial charge in [0.15, 0.2) is 6.23 Å². The molecule has 2 aliphatic heterocycles. The zero-order valence-corrected chi connectivity index (χ0v) is 19.4. The van der Waals surface area contributed by atoms with Crippen LogP contribution in [0.15, 0.2) is 12.1 Å². The van der Waals surface area contributed by atoms with Crippen LogP contribution >= 0.6 is 0 Å². The van der Waals surface area contributed by atoms with Crippen LogP contribution in [0.3, 0.4) is 0 Å². The summed E-state index contributed by atoms with van der Waals surface area (Å²) in [5, 5.41) is 10.8. The number of hydrogen-bond acceptors (Lipinski definition) is 4. The van der Waals surface area contributed by atoms with Crippen LogP contribution in [-0.2, 0) is 0 Å². The van der Waals surface area contributed by atoms with Gasteiger partial charge in [-0.25, -0.2) is 0 Å². The summed E-state index contributed by atoms with van der Waals surface area (Å²) >= 11 is 0. The quantitative estimate of drug-likeness (QED) is 0.707. The molecule has 0 aromatic heterocycles. The molecule has 0 bridgehead atoms. The second kappa shape index (κ2) is 7.19. The molecule has 0 aliphatic carbocycles. The summed E-state index contributed by atoms with van der Waals surface area (Å²) in [6, 6.07) is 3.04. The van der Waals surface area contributed by atoms with Gasteiger partial charge in [0.1, 0.15) is 0 Å². The number of amides is 3. The first-order valence-corrected chi connectivity index (χ1v) is 10.8. The van der Waals surface area contributed by atoms with Crippen molar-refractivity contribution in [1.82, 2.24) is 9.80 Å². The van der Waals surface area contributed by atoms with Gasteiger partial charge in [-0.15, -0.1) is 0 Å². The molecule has 0 saturated carbocycles. The lowest BCUT2D eigenvalue weighted by Crippen LogP contribution is -2.50. The Morgan fingerprint density at radius 3 is 1.90 bits per heavy atom. The minimum atomic E-state index is -1.10. The molecule has 3 amide bonds. The summed E-state index contributed by atoms with van der Waals surface area (Å²) in [5.74, 6) is -0.530. The molecule has 0 fully saturated rings. The van der Waals surface area contributed by atoms with Crippen LogP contribution in [0.25, 0.3) is 0 Å². The first-order chi connectivity index (χ1) is 13.7. The molecule has 0 saturated heterocycles. The summed E-state index contributed by atoms with van der Waals surface area (Å²) in [7, 11) is 0. The molecule has 0 spiro atoms. The largest absolute Gasteiger partial charge is 0.369 e. The van der Waals surface area contributed by atoms with Crippen molar-refractivity contribution in [3.05, 3.63) is 34.4 Å². The summed E-state index contributed by atoms with van der Waals surface area (Å²) in [6.45, 7) is 16.7. The second-order valence-corrected chi connectivity index (χ2v) is 10.5. The summed E-state index contributed by atoms with van der Waals surface area (Å²) < 4.78 is 0. The number of aliphatic hydroxyl groups is 1. The minimum absolute atomic E-state index is 0.0192. The van der Waals surface area contributed by atoms with E-state index in [0.717, 1.165) is 6.42 Å². The molecule has 30 heavy (non-hydrogen) atoms. The molecule has 164 valence electrons. The Labute approximate surface area is 179 Å². The Kier molecular flexibility index (Phi) is 5.38. The number of benzene rings is 1. The van der Waals surface area contributed by atoms with Crippen molar-refractivity contribution in [2.75, 3.05) is 6.54 Å². The lowest BCUT2D eigenvalue weighted by atomic mass is 9.78. The number of nitrogens with zero attached hydrogens (tertiary/aromatic N) is 2. The lowest BCUT2D eigenvalue weighted by Gasteiger charge is -2.37. The Morgan fingerprint density at radius 2 is 1.40 bits per heavy atom. The Morgan fingerprint density at radius 1 is 0.867 bits per heavy atom. The lowest BCUT2D eigenvalue weighted by molar-refractivity contribution is 0.0108. The van der Waals surface area contributed by atoms with Gasteiger partial charge >= 0.3 is 0 Å². The number of aliphatic hydroxyl groups excluding tert-OH is 1. The van der Waals surface area contributed by atoms with Crippen LogP contribution in [0, 0.1) is 17.3 Å². The third-order valence-electron chi connectivity index (χ3n) is 7.67. The molecule has 2 aliphatic rings. The maximum absolute atomic E-state index is 13.1. The first kappa shape index (κ1) is 22.5. The zero-order valence-electron chi connectivity index (χ0n) is 19.4. The van der Waals surface area contributed by atoms with Crippen LogP contribution in [-0.4, -0.2) is 44.7 Å². The van der Waals surface area contributed by atoms with E-state index in [1.54, 1.807) is 0 Å². The van der Waals surface area contributed by atoms with Crippen molar-refractivity contribution >= 4 is 17.7 Å². The second-order valence-electron chi connectivity index (χ2n) is 10.5. The highest BCUT2D eigenvalue weighted by atomic mass is 16.3. The van der Waals surface area contributed by atoms with Crippen LogP contribution in [0.4, 0.5) is 0 Å². The Bertz CT molecular complexity index is 914. The van der Waals surface area contributed by atoms with Gasteiger partial charge in [-0.1, -0.05) is 41.5 Å². The van der Waals surface area contributed by atoms with Crippen molar-refractivity contribution in [1.29, 1.82) is 0 Å². The molecule has 1 unspecified atom stereocenters. The number of carbonyl (C=O) groups excluding carboxylic acids is 3. The average Bonchev–Trinajstić information content (AvgIpc) is 3.03. The van der Waals surface area contributed by atoms with E-state index in [-0.39, 0.29) is 40.2 Å². The number of fused-ring (bicyclic) bond motifs is 2. The normalized spacial score (nSPS) is 19.4. The Balaban J connectivity index is 1.93. The van der Waals surface area contributed by atoms with Crippen LogP contribution < -0.4 is 0 Å². The molecule has 6 nitrogen and oxygen atoms in total. The van der Waals surface area contributed by atoms with Crippen molar-refractivity contribution in [3.63, 3.8) is 0 Å². The van der Waals surface area contributed by atoms with Crippen molar-refractivity contribution in [2.24, 2.45) is 17.3 Å². The summed E-state index contributed by atoms with van der Waals surface area (Å²) in [6.07, 6.45) is -0.356. The number of hydrogen-bond donors (Lipinski definition) is 1. The molecule has 1 atom stereocenters. The molecular weight excluding hydrogens is 380 g/mol. The van der Waals surface area contributed by atoms with E-state index in [2.05, 4.69) is 27.7 Å². The summed E-state index contributed by atoms with van der Waals surface area (Å²) in [5.41, 5.74) is 0.599. The maximum Gasteiger partial charge on any atom is 0.262 e. The van der Waals surface area contributed by atoms with Gasteiger partial charge in [-0.05, 0) is 49.7 Å². The third kappa shape index (κ3) is 3.25. The minimum Gasteiger partial charge on any atom is -0.369 e. The Hall–Kier alpha value is -2.21. The molecule has 1 N–H and O–H groups in total. The monoisotopic (exact) mass is 414 g/mol. The van der Waals surface area contributed by atoms with Crippen LogP contribution in [0.1, 0.15) is 105 Å². The highest BCUT2D eigenvalue weighted by molar-refractivity contribution is 6.23. The fraction of sp³-hybridized carbons (Fsp3) is 0.625. The standard InChI is InChI=1S/C24H34N2O4/c1-13(2)23(5,6)9-10-25-19(27)15-11-17-18(12-16(15)20(25)28)22(30)26(21(17)29)24(7,8)14(3)4/h11-14,19,27H,9-10H2,1-8H3. The van der Waals surface area contributed by atoms with Crippen LogP contribution in [0.5, 0.6) is 0 Å². The van der Waals surface area contributed by atoms with Gasteiger partial charge in [-0.3, -0.25) is 19.3 Å². The molecule has 3 rings (SSSR count). The average molecular weight is 415 g/mol. The van der Waals surface area contributed by atoms with Gasteiger partial charge in [0.2, 0.25) is 0 Å². The molecule has 1 aromatic rings. The van der Waals surface area contributed by atoms with Gasteiger partial charge in [0.05, 0.1) is 11.1 Å². The fourth-order valence-corrected chi connectivity index (χ4v) is 3.84. The molecule has 0 radical (unpaired) electrons. The molecule has 1 aromatic carbocycles. The zero-order chi connectivity index (χ0) is 22.8. The molecule has 6 heteroatoms. The number of carbonyl (C=O) groups is 3. The number of imide groups is 1. The van der Waals surface area contributed by atoms with Crippen molar-refractivity contribution in [3.8, 4) is 0 Å².